The Kier molecular flexibility index (Phi) is 4.80. The number of benzene rings is 3. The molecule has 0 aliphatic carbocycles. The van der Waals surface area contributed by atoms with E-state index in [1.54, 1.807) is 30.5 Å². The Morgan fingerprint density at radius 3 is 2.39 bits per heavy atom. The third kappa shape index (κ3) is 3.59. The van der Waals surface area contributed by atoms with Crippen LogP contribution < -0.4 is 10.6 Å². The molecule has 2 atom stereocenters. The molecule has 4 aromatic rings. The minimum Gasteiger partial charge on any atom is -0.445 e. The summed E-state index contributed by atoms with van der Waals surface area (Å²) >= 11 is 0. The minimum atomic E-state index is -0.645. The Labute approximate surface area is 178 Å². The van der Waals surface area contributed by atoms with Crippen LogP contribution in [0.15, 0.2) is 95.7 Å². The Hall–Kier alpha value is -4.19. The molecule has 5 rings (SSSR count). The van der Waals surface area contributed by atoms with Crippen molar-refractivity contribution in [2.24, 2.45) is 0 Å². The quantitative estimate of drug-likeness (QED) is 0.463. The van der Waals surface area contributed by atoms with Crippen LogP contribution in [-0.2, 0) is 9.59 Å². The number of ketones is 1. The largest absolute Gasteiger partial charge is 0.445 e. The molecule has 2 N–H and O–H groups in total. The molecule has 152 valence electrons. The van der Waals surface area contributed by atoms with Crippen LogP contribution in [-0.4, -0.2) is 16.7 Å². The number of anilines is 2. The molecule has 6 nitrogen and oxygen atoms in total. The van der Waals surface area contributed by atoms with Crippen LogP contribution in [0.25, 0.3) is 11.5 Å². The van der Waals surface area contributed by atoms with Gasteiger partial charge in [-0.1, -0.05) is 48.5 Å². The van der Waals surface area contributed by atoms with Gasteiger partial charge in [-0.3, -0.25) is 9.59 Å². The number of nitrogens with zero attached hydrogens (tertiary/aromatic N) is 1. The molecule has 1 aliphatic rings. The fourth-order valence-electron chi connectivity index (χ4n) is 3.95. The number of rotatable bonds is 5. The van der Waals surface area contributed by atoms with Crippen molar-refractivity contribution < 1.29 is 14.0 Å². The monoisotopic (exact) mass is 409 g/mol. The fraction of sp³-hybridized carbons (Fsp3) is 0.0800. The average molecular weight is 409 g/mol. The zero-order chi connectivity index (χ0) is 21.2. The maximum atomic E-state index is 13.3. The van der Waals surface area contributed by atoms with E-state index in [0.29, 0.717) is 11.6 Å². The van der Waals surface area contributed by atoms with Crippen molar-refractivity contribution in [2.75, 3.05) is 10.6 Å². The van der Waals surface area contributed by atoms with E-state index in [2.05, 4.69) is 15.6 Å². The lowest BCUT2D eigenvalue weighted by Crippen LogP contribution is -2.31. The summed E-state index contributed by atoms with van der Waals surface area (Å²) in [5.41, 5.74) is 3.98. The van der Waals surface area contributed by atoms with Crippen molar-refractivity contribution in [2.45, 2.75) is 12.0 Å². The number of hydrogen-bond donors (Lipinski definition) is 2. The van der Waals surface area contributed by atoms with Crippen LogP contribution in [0.2, 0.25) is 0 Å². The molecule has 0 fully saturated rings. The molecule has 1 aromatic heterocycles. The van der Waals surface area contributed by atoms with E-state index in [1.165, 1.54) is 6.26 Å². The molecule has 0 saturated heterocycles. The number of fused-ring (bicyclic) bond motifs is 1. The van der Waals surface area contributed by atoms with Gasteiger partial charge in [0.05, 0.1) is 18.2 Å². The van der Waals surface area contributed by atoms with Gasteiger partial charge in [0, 0.05) is 16.9 Å². The van der Waals surface area contributed by atoms with E-state index in [1.807, 2.05) is 54.6 Å². The third-order valence-electron chi connectivity index (χ3n) is 5.43. The van der Waals surface area contributed by atoms with Crippen LogP contribution in [0.5, 0.6) is 0 Å². The molecule has 0 saturated carbocycles. The summed E-state index contributed by atoms with van der Waals surface area (Å²) in [6.45, 7) is 0. The highest BCUT2D eigenvalue weighted by Crippen LogP contribution is 2.44. The van der Waals surface area contributed by atoms with E-state index in [9.17, 15) is 9.59 Å². The summed E-state index contributed by atoms with van der Waals surface area (Å²) in [6.07, 6.45) is 3.07. The number of aromatic nitrogens is 1. The number of amides is 1. The van der Waals surface area contributed by atoms with Gasteiger partial charge < -0.3 is 15.1 Å². The third-order valence-corrected chi connectivity index (χ3v) is 5.43. The topological polar surface area (TPSA) is 84.2 Å². The van der Waals surface area contributed by atoms with Crippen molar-refractivity contribution >= 4 is 23.1 Å². The van der Waals surface area contributed by atoms with Crippen molar-refractivity contribution in [3.63, 3.8) is 0 Å². The highest BCUT2D eigenvalue weighted by atomic mass is 16.3. The number of para-hydroxylation sites is 1. The van der Waals surface area contributed by atoms with Gasteiger partial charge in [0.2, 0.25) is 11.7 Å². The number of carbonyl (C=O) groups excluding carboxylic acids is 2. The molecule has 2 unspecified atom stereocenters. The van der Waals surface area contributed by atoms with Crippen LogP contribution in [0.1, 0.15) is 23.1 Å². The lowest BCUT2D eigenvalue weighted by Gasteiger charge is -2.19. The number of nitrogens with one attached hydrogen (secondary N) is 2. The molecule has 0 bridgehead atoms. The van der Waals surface area contributed by atoms with Crippen molar-refractivity contribution in [1.82, 2.24) is 4.98 Å². The first-order valence-electron chi connectivity index (χ1n) is 9.96. The van der Waals surface area contributed by atoms with Gasteiger partial charge in [0.15, 0.2) is 0 Å². The van der Waals surface area contributed by atoms with E-state index in [-0.39, 0.29) is 6.04 Å². The van der Waals surface area contributed by atoms with Gasteiger partial charge in [-0.25, -0.2) is 4.98 Å². The van der Waals surface area contributed by atoms with E-state index in [0.717, 1.165) is 22.4 Å². The van der Waals surface area contributed by atoms with E-state index >= 15 is 0 Å². The second kappa shape index (κ2) is 7.91. The summed E-state index contributed by atoms with van der Waals surface area (Å²) in [6, 6.07) is 24.0. The number of oxazole rings is 1. The molecule has 6 heteroatoms. The summed E-state index contributed by atoms with van der Waals surface area (Å²) in [5, 5.41) is 6.13. The summed E-state index contributed by atoms with van der Waals surface area (Å²) in [5.74, 6) is -1.24. The summed E-state index contributed by atoms with van der Waals surface area (Å²) in [4.78, 5) is 30.3. The van der Waals surface area contributed by atoms with Gasteiger partial charge in [-0.15, -0.1) is 0 Å². The van der Waals surface area contributed by atoms with Gasteiger partial charge in [0.1, 0.15) is 6.26 Å². The second-order valence-electron chi connectivity index (χ2n) is 7.33. The van der Waals surface area contributed by atoms with Gasteiger partial charge >= 0.3 is 0 Å². The van der Waals surface area contributed by atoms with Crippen molar-refractivity contribution in [1.29, 1.82) is 0 Å². The Balaban J connectivity index is 1.39. The molecule has 3 aromatic carbocycles. The van der Waals surface area contributed by atoms with Crippen LogP contribution in [0, 0.1) is 0 Å². The Morgan fingerprint density at radius 2 is 1.65 bits per heavy atom. The molecular weight excluding hydrogens is 390 g/mol. The molecule has 0 radical (unpaired) electrons. The number of Topliss-reactive ketones (excluding diaryl/α,β-unsaturated/α-hetero) is 1. The van der Waals surface area contributed by atoms with Crippen molar-refractivity contribution in [3.05, 3.63) is 102 Å². The van der Waals surface area contributed by atoms with Crippen molar-refractivity contribution in [3.8, 4) is 11.5 Å². The van der Waals surface area contributed by atoms with Gasteiger partial charge in [-0.05, 0) is 41.5 Å². The maximum absolute atomic E-state index is 13.3. The number of hydrogen-bond acceptors (Lipinski definition) is 5. The minimum absolute atomic E-state index is 0.302. The highest BCUT2D eigenvalue weighted by Gasteiger charge is 2.40. The van der Waals surface area contributed by atoms with Crippen LogP contribution in [0.3, 0.4) is 0 Å². The lowest BCUT2D eigenvalue weighted by molar-refractivity contribution is -0.135. The molecule has 1 amide bonds. The summed E-state index contributed by atoms with van der Waals surface area (Å²) in [7, 11) is 0. The number of carbonyl (C=O) groups is 2. The van der Waals surface area contributed by atoms with Crippen LogP contribution >= 0.6 is 0 Å². The zero-order valence-electron chi connectivity index (χ0n) is 16.5. The second-order valence-corrected chi connectivity index (χ2v) is 7.33. The summed E-state index contributed by atoms with van der Waals surface area (Å²) < 4.78 is 5.27. The molecule has 31 heavy (non-hydrogen) atoms. The van der Waals surface area contributed by atoms with Gasteiger partial charge in [0.25, 0.3) is 5.91 Å². The first kappa shape index (κ1) is 18.8. The Bertz CT molecular complexity index is 1220. The first-order valence-corrected chi connectivity index (χ1v) is 9.96. The Morgan fingerprint density at radius 1 is 0.903 bits per heavy atom. The van der Waals surface area contributed by atoms with Gasteiger partial charge in [-0.2, -0.15) is 0 Å². The lowest BCUT2D eigenvalue weighted by atomic mass is 9.86. The smallest absolute Gasteiger partial charge is 0.292 e. The van der Waals surface area contributed by atoms with Crippen LogP contribution in [0.4, 0.5) is 11.4 Å². The van der Waals surface area contributed by atoms with E-state index in [4.69, 9.17) is 4.42 Å². The SMILES string of the molecule is O=C(Nc1ccc(-c2ncco2)cc1)C(=O)C1c2ccccc2NC1c1ccccc1. The van der Waals surface area contributed by atoms with E-state index < -0.39 is 17.6 Å². The predicted octanol–water partition coefficient (Wildman–Crippen LogP) is 4.80. The first-order chi connectivity index (χ1) is 15.2. The zero-order valence-corrected chi connectivity index (χ0v) is 16.5. The fourth-order valence-corrected chi connectivity index (χ4v) is 3.95. The predicted molar refractivity (Wildman–Crippen MR) is 118 cm³/mol. The average Bonchev–Trinajstić information content (AvgIpc) is 3.48. The highest BCUT2D eigenvalue weighted by molar-refractivity contribution is 6.43. The molecule has 2 heterocycles. The standard InChI is InChI=1S/C25H19N3O3/c29-23(24(30)27-18-12-10-17(11-13-18)25-26-14-15-31-25)21-19-8-4-5-9-20(19)28-22(21)16-6-2-1-3-7-16/h1-15,21-22,28H,(H,27,30). The molecule has 0 spiro atoms. The normalized spacial score (nSPS) is 16.9. The molecular formula is C25H19N3O3. The molecule has 1 aliphatic heterocycles. The maximum Gasteiger partial charge on any atom is 0.292 e.